The summed E-state index contributed by atoms with van der Waals surface area (Å²) in [5, 5.41) is 15.9. The molecule has 0 amide bonds. The molecule has 0 spiro atoms. The van der Waals surface area contributed by atoms with E-state index in [2.05, 4.69) is 33.7 Å². The Morgan fingerprint density at radius 1 is 1.32 bits per heavy atom. The number of hydrogen-bond acceptors (Lipinski definition) is 5. The lowest BCUT2D eigenvalue weighted by Crippen LogP contribution is -2.04. The van der Waals surface area contributed by atoms with Gasteiger partial charge in [0.05, 0.1) is 17.3 Å². The second-order valence-electron chi connectivity index (χ2n) is 5.16. The zero-order valence-electron chi connectivity index (χ0n) is 12.1. The Labute approximate surface area is 133 Å². The molecule has 2 aromatic rings. The molecule has 1 N–H and O–H groups in total. The minimum absolute atomic E-state index is 0.524. The van der Waals surface area contributed by atoms with Crippen LogP contribution in [-0.2, 0) is 0 Å². The van der Waals surface area contributed by atoms with Gasteiger partial charge in [-0.1, -0.05) is 24.3 Å². The second kappa shape index (κ2) is 7.01. The maximum Gasteiger partial charge on any atom is 0.203 e. The monoisotopic (exact) mass is 308 g/mol. The van der Waals surface area contributed by atoms with Gasteiger partial charge in [-0.15, -0.1) is 11.3 Å². The van der Waals surface area contributed by atoms with Crippen LogP contribution in [0.5, 0.6) is 0 Å². The van der Waals surface area contributed by atoms with E-state index < -0.39 is 0 Å². The number of nitriles is 1. The van der Waals surface area contributed by atoms with Gasteiger partial charge in [-0.3, -0.25) is 5.43 Å². The van der Waals surface area contributed by atoms with Crippen LogP contribution in [0.4, 0.5) is 5.13 Å². The van der Waals surface area contributed by atoms with Crippen molar-refractivity contribution < 1.29 is 0 Å². The summed E-state index contributed by atoms with van der Waals surface area (Å²) in [6.45, 7) is 0. The van der Waals surface area contributed by atoms with E-state index in [1.165, 1.54) is 11.3 Å². The summed E-state index contributed by atoms with van der Waals surface area (Å²) >= 11 is 1.53. The van der Waals surface area contributed by atoms with E-state index in [1.54, 1.807) is 12.1 Å². The van der Waals surface area contributed by atoms with Crippen molar-refractivity contribution in [3.8, 4) is 17.3 Å². The predicted octanol–water partition coefficient (Wildman–Crippen LogP) is 4.44. The molecule has 5 heteroatoms. The van der Waals surface area contributed by atoms with Crippen molar-refractivity contribution in [3.05, 3.63) is 47.4 Å². The third kappa shape index (κ3) is 3.60. The van der Waals surface area contributed by atoms with Gasteiger partial charge < -0.3 is 0 Å². The Hall–Kier alpha value is -2.45. The molecule has 3 rings (SSSR count). The molecule has 1 aromatic heterocycles. The molecular weight excluding hydrogens is 292 g/mol. The van der Waals surface area contributed by atoms with Gasteiger partial charge in [0.1, 0.15) is 0 Å². The fourth-order valence-electron chi connectivity index (χ4n) is 2.32. The molecule has 0 fully saturated rings. The van der Waals surface area contributed by atoms with Crippen LogP contribution in [0.25, 0.3) is 11.3 Å². The van der Waals surface area contributed by atoms with Crippen molar-refractivity contribution in [2.75, 3.05) is 5.43 Å². The van der Waals surface area contributed by atoms with Gasteiger partial charge in [-0.05, 0) is 37.3 Å². The maximum atomic E-state index is 8.81. The third-order valence-electron chi connectivity index (χ3n) is 3.57. The van der Waals surface area contributed by atoms with E-state index in [9.17, 15) is 0 Å². The fraction of sp³-hybridized carbons (Fsp3) is 0.235. The number of hydrazone groups is 1. The second-order valence-corrected chi connectivity index (χ2v) is 6.02. The van der Waals surface area contributed by atoms with E-state index in [0.717, 1.165) is 35.7 Å². The quantitative estimate of drug-likeness (QED) is 0.516. The van der Waals surface area contributed by atoms with Crippen LogP contribution in [0.1, 0.15) is 24.8 Å². The molecule has 1 aliphatic carbocycles. The van der Waals surface area contributed by atoms with Crippen LogP contribution in [0.15, 0.2) is 46.9 Å². The largest absolute Gasteiger partial charge is 0.253 e. The van der Waals surface area contributed by atoms with Gasteiger partial charge in [0.15, 0.2) is 0 Å². The topological polar surface area (TPSA) is 61.1 Å². The molecule has 22 heavy (non-hydrogen) atoms. The van der Waals surface area contributed by atoms with Crippen LogP contribution in [0, 0.1) is 17.2 Å². The summed E-state index contributed by atoms with van der Waals surface area (Å²) in [6.07, 6.45) is 9.79. The number of anilines is 1. The first kappa shape index (κ1) is 14.5. The first-order chi connectivity index (χ1) is 10.8. The molecule has 1 aliphatic rings. The van der Waals surface area contributed by atoms with Crippen LogP contribution < -0.4 is 5.43 Å². The smallest absolute Gasteiger partial charge is 0.203 e. The number of benzene rings is 1. The number of nitrogens with zero attached hydrogens (tertiary/aromatic N) is 3. The van der Waals surface area contributed by atoms with Crippen molar-refractivity contribution in [2.45, 2.75) is 19.3 Å². The van der Waals surface area contributed by atoms with Crippen molar-refractivity contribution in [1.29, 1.82) is 5.26 Å². The molecular formula is C17H16N4S. The molecule has 1 atom stereocenters. The Morgan fingerprint density at radius 3 is 2.91 bits per heavy atom. The van der Waals surface area contributed by atoms with Gasteiger partial charge in [0, 0.05) is 17.2 Å². The SMILES string of the molecule is N#Cc1ccc(-c2csc(NN=CC3CC=CCC3)n2)cc1. The van der Waals surface area contributed by atoms with Gasteiger partial charge in [0.25, 0.3) is 0 Å². The van der Waals surface area contributed by atoms with Crippen LogP contribution in [0.3, 0.4) is 0 Å². The lowest BCUT2D eigenvalue weighted by atomic mass is 9.96. The lowest BCUT2D eigenvalue weighted by Gasteiger charge is -2.11. The van der Waals surface area contributed by atoms with Gasteiger partial charge >= 0.3 is 0 Å². The van der Waals surface area contributed by atoms with Crippen molar-refractivity contribution in [1.82, 2.24) is 4.98 Å². The van der Waals surface area contributed by atoms with Gasteiger partial charge in [0.2, 0.25) is 5.13 Å². The summed E-state index contributed by atoms with van der Waals surface area (Å²) in [6, 6.07) is 9.54. The predicted molar refractivity (Wildman–Crippen MR) is 90.9 cm³/mol. The number of aromatic nitrogens is 1. The van der Waals surface area contributed by atoms with Crippen LogP contribution in [0.2, 0.25) is 0 Å². The van der Waals surface area contributed by atoms with Gasteiger partial charge in [-0.25, -0.2) is 4.98 Å². The molecule has 4 nitrogen and oxygen atoms in total. The first-order valence-electron chi connectivity index (χ1n) is 7.25. The number of thiazole rings is 1. The number of allylic oxidation sites excluding steroid dienone is 2. The van der Waals surface area contributed by atoms with E-state index in [4.69, 9.17) is 5.26 Å². The van der Waals surface area contributed by atoms with E-state index in [1.807, 2.05) is 23.7 Å². The van der Waals surface area contributed by atoms with E-state index in [0.29, 0.717) is 11.5 Å². The van der Waals surface area contributed by atoms with E-state index in [-0.39, 0.29) is 0 Å². The molecule has 1 unspecified atom stereocenters. The molecule has 0 saturated heterocycles. The van der Waals surface area contributed by atoms with Crippen molar-refractivity contribution in [2.24, 2.45) is 11.0 Å². The summed E-state index contributed by atoms with van der Waals surface area (Å²) in [7, 11) is 0. The summed E-state index contributed by atoms with van der Waals surface area (Å²) in [4.78, 5) is 4.52. The minimum Gasteiger partial charge on any atom is -0.253 e. The molecule has 1 aromatic carbocycles. The zero-order chi connectivity index (χ0) is 15.2. The van der Waals surface area contributed by atoms with Crippen LogP contribution in [-0.4, -0.2) is 11.2 Å². The average Bonchev–Trinajstić information content (AvgIpc) is 3.05. The van der Waals surface area contributed by atoms with Crippen molar-refractivity contribution in [3.63, 3.8) is 0 Å². The molecule has 1 heterocycles. The number of rotatable bonds is 4. The highest BCUT2D eigenvalue weighted by molar-refractivity contribution is 7.14. The summed E-state index contributed by atoms with van der Waals surface area (Å²) < 4.78 is 0. The number of nitrogens with one attached hydrogen (secondary N) is 1. The Morgan fingerprint density at radius 2 is 2.18 bits per heavy atom. The lowest BCUT2D eigenvalue weighted by molar-refractivity contribution is 0.627. The minimum atomic E-state index is 0.524. The summed E-state index contributed by atoms with van der Waals surface area (Å²) in [5.74, 6) is 0.524. The average molecular weight is 308 g/mol. The highest BCUT2D eigenvalue weighted by atomic mass is 32.1. The summed E-state index contributed by atoms with van der Waals surface area (Å²) in [5.41, 5.74) is 5.56. The Kier molecular flexibility index (Phi) is 4.62. The molecule has 0 bridgehead atoms. The van der Waals surface area contributed by atoms with Gasteiger partial charge in [-0.2, -0.15) is 10.4 Å². The maximum absolute atomic E-state index is 8.81. The highest BCUT2D eigenvalue weighted by Gasteiger charge is 2.07. The zero-order valence-corrected chi connectivity index (χ0v) is 12.9. The molecule has 0 radical (unpaired) electrons. The highest BCUT2D eigenvalue weighted by Crippen LogP contribution is 2.25. The molecule has 0 saturated carbocycles. The van der Waals surface area contributed by atoms with E-state index >= 15 is 0 Å². The normalized spacial score (nSPS) is 17.5. The Bertz CT molecular complexity index is 722. The molecule has 110 valence electrons. The van der Waals surface area contributed by atoms with Crippen molar-refractivity contribution >= 4 is 22.7 Å². The fourth-order valence-corrected chi connectivity index (χ4v) is 2.99. The third-order valence-corrected chi connectivity index (χ3v) is 4.32. The molecule has 0 aliphatic heterocycles. The Balaban J connectivity index is 1.62. The standard InChI is InChI=1S/C17H16N4S/c18-10-13-6-8-15(9-7-13)16-12-22-17(20-16)21-19-11-14-4-2-1-3-5-14/h1-2,6-9,11-12,14H,3-5H2,(H,20,21). The van der Waals surface area contributed by atoms with Crippen LogP contribution >= 0.6 is 11.3 Å². The number of hydrogen-bond donors (Lipinski definition) is 1. The first-order valence-corrected chi connectivity index (χ1v) is 8.13.